The summed E-state index contributed by atoms with van der Waals surface area (Å²) < 4.78 is 102. The van der Waals surface area contributed by atoms with Crippen molar-refractivity contribution in [1.82, 2.24) is 29.1 Å². The number of nitrogens with zero attached hydrogens (tertiary/aromatic N) is 5. The highest BCUT2D eigenvalue weighted by atomic mass is 32.7. The van der Waals surface area contributed by atoms with Gasteiger partial charge in [-0.05, 0) is 54.6 Å². The maximum absolute atomic E-state index is 16.4. The van der Waals surface area contributed by atoms with Crippen molar-refractivity contribution in [2.24, 2.45) is 0 Å². The van der Waals surface area contributed by atoms with Crippen LogP contribution in [0.4, 0.5) is 14.6 Å². The van der Waals surface area contributed by atoms with Gasteiger partial charge in [0, 0.05) is 18.0 Å². The molecule has 2 bridgehead atoms. The lowest BCUT2D eigenvalue weighted by Gasteiger charge is -2.27. The van der Waals surface area contributed by atoms with Crippen molar-refractivity contribution in [2.45, 2.75) is 68.8 Å². The number of nitrogen functional groups attached to an aromatic ring is 1. The Hall–Kier alpha value is -4.67. The van der Waals surface area contributed by atoms with Crippen molar-refractivity contribution in [2.75, 3.05) is 18.9 Å². The molecule has 3 aliphatic rings. The number of hydrogen-bond acceptors (Lipinski definition) is 17. The Labute approximate surface area is 341 Å². The molecular weight excluding hydrogens is 858 g/mol. The quantitative estimate of drug-likeness (QED) is 0.117. The topological polar surface area (TPSA) is 261 Å². The largest absolute Gasteiger partial charge is 0.472 e. The number of aromatic nitrogens is 6. The summed E-state index contributed by atoms with van der Waals surface area (Å²) in [6.07, 6.45) is -11.8. The molecule has 0 radical (unpaired) electrons. The lowest BCUT2D eigenvalue weighted by atomic mass is 10.1. The lowest BCUT2D eigenvalue weighted by molar-refractivity contribution is -0.0640. The van der Waals surface area contributed by atoms with Gasteiger partial charge < -0.3 is 24.8 Å². The van der Waals surface area contributed by atoms with Crippen LogP contribution < -0.4 is 21.7 Å². The summed E-state index contributed by atoms with van der Waals surface area (Å²) in [5.74, 6) is -0.502. The number of carbonyl (C=O) groups excluding carboxylic acids is 1. The third kappa shape index (κ3) is 8.60. The fourth-order valence-electron chi connectivity index (χ4n) is 6.80. The Bertz CT molecular complexity index is 2650. The normalized spacial score (nSPS) is 30.9. The first-order valence-corrected chi connectivity index (χ1v) is 22.7. The molecule has 3 saturated heterocycles. The second-order valence-corrected chi connectivity index (χ2v) is 19.3. The van der Waals surface area contributed by atoms with Gasteiger partial charge in [-0.2, -0.15) is 0 Å². The first-order chi connectivity index (χ1) is 28.6. The predicted molar refractivity (Wildman–Crippen MR) is 206 cm³/mol. The number of aryl methyl sites for hydroxylation is 2. The van der Waals surface area contributed by atoms with E-state index in [9.17, 15) is 28.4 Å². The standard InChI is InChI=1S/C35H35F2N7O13P2S/c1-17-3-8-21(18(2)11-17)34(46)53-20-6-4-19(5-7-20)14-60-59(50)52-12-22-25(36)29(33(54-22)44-16-41-27-30(38)39-15-40-31(27)44)56-58(48,49)51-13-23-28(57-59)26(37)32(55-23)43-10-9-24(45)42-35(43)47/h3-11,15-16,22-23,25-26,28-29,32-33H,12-14H2,1-2H3,(H,48,49)(H2,38,39,40)(H,42,45,47)/t22-,23-,25-,26-,28-,29-,32-,33-,59?/m1/s1. The van der Waals surface area contributed by atoms with Crippen LogP contribution >= 0.6 is 26.0 Å². The van der Waals surface area contributed by atoms with Crippen LogP contribution in [0.3, 0.4) is 0 Å². The number of anilines is 1. The summed E-state index contributed by atoms with van der Waals surface area (Å²) in [6, 6.07) is 12.4. The van der Waals surface area contributed by atoms with E-state index >= 15 is 8.78 Å². The number of H-pyrrole nitrogens is 1. The highest BCUT2D eigenvalue weighted by Gasteiger charge is 2.55. The van der Waals surface area contributed by atoms with Gasteiger partial charge in [-0.15, -0.1) is 0 Å². The van der Waals surface area contributed by atoms with Crippen LogP contribution in [0.5, 0.6) is 5.75 Å². The second kappa shape index (κ2) is 16.7. The summed E-state index contributed by atoms with van der Waals surface area (Å²) in [6.45, 7) is -2.77. The molecule has 3 fully saturated rings. The molecule has 3 aromatic heterocycles. The number of ether oxygens (including phenoxy) is 3. The van der Waals surface area contributed by atoms with E-state index in [2.05, 4.69) is 15.0 Å². The van der Waals surface area contributed by atoms with Crippen LogP contribution in [-0.4, -0.2) is 89.9 Å². The number of esters is 1. The molecule has 20 nitrogen and oxygen atoms in total. The van der Waals surface area contributed by atoms with Gasteiger partial charge in [-0.25, -0.2) is 42.5 Å². The molecule has 318 valence electrons. The van der Waals surface area contributed by atoms with E-state index in [1.54, 1.807) is 31.2 Å². The maximum atomic E-state index is 16.4. The average Bonchev–Trinajstić information content (AvgIpc) is 3.86. The zero-order valence-corrected chi connectivity index (χ0v) is 33.9. The molecule has 10 atom stereocenters. The van der Waals surface area contributed by atoms with Crippen LogP contribution in [-0.2, 0) is 42.5 Å². The van der Waals surface area contributed by atoms with Crippen molar-refractivity contribution >= 4 is 49.0 Å². The summed E-state index contributed by atoms with van der Waals surface area (Å²) in [5, 5.41) is 0. The minimum Gasteiger partial charge on any atom is -0.423 e. The molecule has 2 unspecified atom stereocenters. The van der Waals surface area contributed by atoms with Crippen molar-refractivity contribution in [1.29, 1.82) is 0 Å². The third-order valence-corrected chi connectivity index (χ3v) is 14.4. The third-order valence-electron chi connectivity index (χ3n) is 9.75. The molecule has 8 rings (SSSR count). The number of nitrogens with two attached hydrogens (primary N) is 1. The highest BCUT2D eigenvalue weighted by molar-refractivity contribution is 8.54. The van der Waals surface area contributed by atoms with Gasteiger partial charge in [-0.1, -0.05) is 29.8 Å². The van der Waals surface area contributed by atoms with Gasteiger partial charge >= 0.3 is 26.3 Å². The van der Waals surface area contributed by atoms with Crippen molar-refractivity contribution in [3.8, 4) is 5.75 Å². The van der Waals surface area contributed by atoms with Crippen LogP contribution in [0.1, 0.15) is 39.5 Å². The number of imidazole rings is 1. The second-order valence-electron chi connectivity index (χ2n) is 13.9. The molecule has 0 aliphatic carbocycles. The van der Waals surface area contributed by atoms with Gasteiger partial charge in [-0.3, -0.25) is 37.0 Å². The Morgan fingerprint density at radius 3 is 2.45 bits per heavy atom. The van der Waals surface area contributed by atoms with E-state index in [-0.39, 0.29) is 28.5 Å². The smallest absolute Gasteiger partial charge is 0.423 e. The first kappa shape index (κ1) is 42.0. The number of phosphoric acid groups is 1. The van der Waals surface area contributed by atoms with Crippen LogP contribution in [0.15, 0.2) is 77.0 Å². The summed E-state index contributed by atoms with van der Waals surface area (Å²) in [4.78, 5) is 62.2. The zero-order valence-electron chi connectivity index (χ0n) is 31.3. The molecule has 3 aliphatic heterocycles. The number of carbonyl (C=O) groups is 1. The number of aromatic amines is 1. The number of phosphoric ester groups is 1. The maximum Gasteiger partial charge on any atom is 0.472 e. The SMILES string of the molecule is Cc1ccc(C(=O)Oc2ccc(CSP3(=O)OC[C@H]4O[C@@H](n5cnc6c(N)ncnc65)[C@H](OP(=O)(O)OC[C@H]5O[C@@H](n6ccc(=O)[nH]c6=O)[C@H](F)[C@@H]5O3)[C@@H]4F)cc2)c(C)c1. The lowest BCUT2D eigenvalue weighted by Crippen LogP contribution is -2.36. The molecule has 6 heterocycles. The predicted octanol–water partition coefficient (Wildman–Crippen LogP) is 4.22. The average molecular weight is 894 g/mol. The van der Waals surface area contributed by atoms with E-state index in [4.69, 9.17) is 38.0 Å². The molecule has 0 spiro atoms. The van der Waals surface area contributed by atoms with Gasteiger partial charge in [0.05, 0.1) is 25.1 Å². The Kier molecular flexibility index (Phi) is 11.7. The molecule has 4 N–H and O–H groups in total. The minimum absolute atomic E-state index is 0.0213. The van der Waals surface area contributed by atoms with Gasteiger partial charge in [0.25, 0.3) is 5.56 Å². The monoisotopic (exact) mass is 893 g/mol. The number of alkyl halides is 2. The summed E-state index contributed by atoms with van der Waals surface area (Å²) in [7, 11) is -5.27. The molecule has 2 aromatic carbocycles. The minimum atomic E-state index is -5.27. The van der Waals surface area contributed by atoms with Gasteiger partial charge in [0.15, 0.2) is 36.3 Å². The molecule has 5 aromatic rings. The van der Waals surface area contributed by atoms with E-state index in [0.717, 1.165) is 29.7 Å². The van der Waals surface area contributed by atoms with E-state index in [0.29, 0.717) is 27.1 Å². The number of rotatable bonds is 7. The molecule has 60 heavy (non-hydrogen) atoms. The fraction of sp³-hybridized carbons (Fsp3) is 0.371. The fourth-order valence-corrected chi connectivity index (χ4v) is 11.1. The number of fused-ring (bicyclic) bond motifs is 4. The molecular formula is C35H35F2N7O13P2S. The highest BCUT2D eigenvalue weighted by Crippen LogP contribution is 2.64. The number of nitrogens with one attached hydrogen (secondary N) is 1. The van der Waals surface area contributed by atoms with Gasteiger partial charge in [0.1, 0.15) is 42.0 Å². The van der Waals surface area contributed by atoms with E-state index < -0.39 is 94.3 Å². The summed E-state index contributed by atoms with van der Waals surface area (Å²) >= 11 is 0.576. The number of benzene rings is 2. The number of hydrogen-bond donors (Lipinski definition) is 3. The molecule has 0 amide bonds. The Balaban J connectivity index is 1.08. The van der Waals surface area contributed by atoms with Crippen molar-refractivity contribution < 1.29 is 59.9 Å². The van der Waals surface area contributed by atoms with Crippen LogP contribution in [0, 0.1) is 13.8 Å². The molecule has 25 heteroatoms. The van der Waals surface area contributed by atoms with E-state index in [1.807, 2.05) is 18.0 Å². The van der Waals surface area contributed by atoms with E-state index in [1.165, 1.54) is 23.0 Å². The zero-order chi connectivity index (χ0) is 42.5. The van der Waals surface area contributed by atoms with Crippen molar-refractivity contribution in [3.63, 3.8) is 0 Å². The van der Waals surface area contributed by atoms with Gasteiger partial charge in [0.2, 0.25) is 0 Å². The van der Waals surface area contributed by atoms with Crippen LogP contribution in [0.2, 0.25) is 0 Å². The Morgan fingerprint density at radius 1 is 0.950 bits per heavy atom. The first-order valence-electron chi connectivity index (χ1n) is 18.0. The summed E-state index contributed by atoms with van der Waals surface area (Å²) in [5.41, 5.74) is 6.85. The Morgan fingerprint density at radius 2 is 1.70 bits per heavy atom. The van der Waals surface area contributed by atoms with Crippen LogP contribution in [0.25, 0.3) is 11.2 Å². The van der Waals surface area contributed by atoms with Crippen molar-refractivity contribution in [3.05, 3.63) is 110 Å². The molecule has 0 saturated carbocycles. The number of halogens is 2.